The van der Waals surface area contributed by atoms with Crippen LogP contribution in [0.3, 0.4) is 0 Å². The van der Waals surface area contributed by atoms with Gasteiger partial charge in [-0.15, -0.1) is 0 Å². The lowest BCUT2D eigenvalue weighted by molar-refractivity contribution is 0.0774. The molecule has 0 saturated carbocycles. The molecule has 1 amide bonds. The molecular formula is C12H18N2O2. The molecule has 0 aliphatic rings. The summed E-state index contributed by atoms with van der Waals surface area (Å²) in [6.45, 7) is 6.29. The lowest BCUT2D eigenvalue weighted by Crippen LogP contribution is -2.30. The molecule has 1 N–H and O–H groups in total. The van der Waals surface area contributed by atoms with Crippen LogP contribution in [0.4, 0.5) is 0 Å². The highest BCUT2D eigenvalue weighted by molar-refractivity contribution is 5.98. The van der Waals surface area contributed by atoms with E-state index >= 15 is 0 Å². The number of ketones is 1. The maximum absolute atomic E-state index is 11.9. The normalized spacial score (nSPS) is 10.6. The number of nitrogens with one attached hydrogen (secondary N) is 1. The van der Waals surface area contributed by atoms with E-state index in [2.05, 4.69) is 18.8 Å². The lowest BCUT2D eigenvalue weighted by atomic mass is 10.2. The third-order valence-electron chi connectivity index (χ3n) is 2.31. The molecule has 88 valence electrons. The van der Waals surface area contributed by atoms with Gasteiger partial charge in [-0.1, -0.05) is 13.8 Å². The SMILES string of the molecule is CC(=O)c1c[nH]c(C(=O)N(C)CC(C)C)c1. The van der Waals surface area contributed by atoms with Crippen molar-refractivity contribution in [2.75, 3.05) is 13.6 Å². The number of hydrogen-bond acceptors (Lipinski definition) is 2. The van der Waals surface area contributed by atoms with Gasteiger partial charge < -0.3 is 9.88 Å². The molecule has 4 nitrogen and oxygen atoms in total. The van der Waals surface area contributed by atoms with Crippen molar-refractivity contribution in [2.45, 2.75) is 20.8 Å². The maximum Gasteiger partial charge on any atom is 0.270 e. The summed E-state index contributed by atoms with van der Waals surface area (Å²) in [6.07, 6.45) is 1.57. The molecule has 1 aromatic heterocycles. The van der Waals surface area contributed by atoms with Crippen molar-refractivity contribution in [1.29, 1.82) is 0 Å². The molecule has 0 saturated heterocycles. The van der Waals surface area contributed by atoms with Gasteiger partial charge in [0.15, 0.2) is 5.78 Å². The zero-order valence-electron chi connectivity index (χ0n) is 10.2. The van der Waals surface area contributed by atoms with Crippen LogP contribution >= 0.6 is 0 Å². The van der Waals surface area contributed by atoms with Gasteiger partial charge in [-0.05, 0) is 18.9 Å². The van der Waals surface area contributed by atoms with E-state index in [0.29, 0.717) is 23.7 Å². The number of carbonyl (C=O) groups excluding carboxylic acids is 2. The van der Waals surface area contributed by atoms with Crippen LogP contribution in [-0.2, 0) is 0 Å². The molecular weight excluding hydrogens is 204 g/mol. The van der Waals surface area contributed by atoms with Gasteiger partial charge in [0, 0.05) is 25.4 Å². The highest BCUT2D eigenvalue weighted by Gasteiger charge is 2.15. The molecule has 0 aromatic carbocycles. The largest absolute Gasteiger partial charge is 0.356 e. The van der Waals surface area contributed by atoms with Crippen LogP contribution < -0.4 is 0 Å². The van der Waals surface area contributed by atoms with Gasteiger partial charge in [-0.25, -0.2) is 0 Å². The third kappa shape index (κ3) is 2.95. The van der Waals surface area contributed by atoms with Crippen molar-refractivity contribution in [1.82, 2.24) is 9.88 Å². The standard InChI is InChI=1S/C12H18N2O2/c1-8(2)7-14(4)12(16)11-5-10(6-13-11)9(3)15/h5-6,8,13H,7H2,1-4H3. The van der Waals surface area contributed by atoms with Gasteiger partial charge in [0.1, 0.15) is 5.69 Å². The minimum atomic E-state index is -0.0822. The molecule has 1 aromatic rings. The van der Waals surface area contributed by atoms with E-state index in [1.165, 1.54) is 6.92 Å². The van der Waals surface area contributed by atoms with E-state index in [1.807, 2.05) is 0 Å². The number of amides is 1. The van der Waals surface area contributed by atoms with Crippen molar-refractivity contribution in [3.63, 3.8) is 0 Å². The number of hydrogen-bond donors (Lipinski definition) is 1. The monoisotopic (exact) mass is 222 g/mol. The third-order valence-corrected chi connectivity index (χ3v) is 2.31. The summed E-state index contributed by atoms with van der Waals surface area (Å²) in [4.78, 5) is 27.5. The van der Waals surface area contributed by atoms with Crippen LogP contribution in [0.25, 0.3) is 0 Å². The molecule has 4 heteroatoms. The fourth-order valence-electron chi connectivity index (χ4n) is 1.56. The van der Waals surface area contributed by atoms with Crippen LogP contribution in [0.15, 0.2) is 12.3 Å². The number of aromatic amines is 1. The molecule has 0 unspecified atom stereocenters. The Morgan fingerprint density at radius 2 is 2.06 bits per heavy atom. The molecule has 0 spiro atoms. The van der Waals surface area contributed by atoms with Crippen molar-refractivity contribution in [3.05, 3.63) is 23.5 Å². The molecule has 0 radical (unpaired) electrons. The Kier molecular flexibility index (Phi) is 3.88. The van der Waals surface area contributed by atoms with E-state index < -0.39 is 0 Å². The van der Waals surface area contributed by atoms with Gasteiger partial charge in [-0.2, -0.15) is 0 Å². The van der Waals surface area contributed by atoms with Gasteiger partial charge >= 0.3 is 0 Å². The predicted molar refractivity (Wildman–Crippen MR) is 62.6 cm³/mol. The number of aromatic nitrogens is 1. The summed E-state index contributed by atoms with van der Waals surface area (Å²) in [7, 11) is 1.76. The Morgan fingerprint density at radius 3 is 2.50 bits per heavy atom. The average molecular weight is 222 g/mol. The number of carbonyl (C=O) groups is 2. The second-order valence-corrected chi connectivity index (χ2v) is 4.44. The Labute approximate surface area is 95.6 Å². The summed E-state index contributed by atoms with van der Waals surface area (Å²) in [6, 6.07) is 1.60. The highest BCUT2D eigenvalue weighted by Crippen LogP contribution is 2.08. The topological polar surface area (TPSA) is 53.2 Å². The second-order valence-electron chi connectivity index (χ2n) is 4.44. The lowest BCUT2D eigenvalue weighted by Gasteiger charge is -2.18. The van der Waals surface area contributed by atoms with Crippen LogP contribution in [0.5, 0.6) is 0 Å². The average Bonchev–Trinajstić information content (AvgIpc) is 2.64. The van der Waals surface area contributed by atoms with E-state index in [9.17, 15) is 9.59 Å². The van der Waals surface area contributed by atoms with E-state index in [-0.39, 0.29) is 11.7 Å². The number of nitrogens with zero attached hydrogens (tertiary/aromatic N) is 1. The molecule has 0 aliphatic carbocycles. The smallest absolute Gasteiger partial charge is 0.270 e. The minimum Gasteiger partial charge on any atom is -0.356 e. The van der Waals surface area contributed by atoms with Crippen molar-refractivity contribution >= 4 is 11.7 Å². The van der Waals surface area contributed by atoms with Gasteiger partial charge in [0.25, 0.3) is 5.91 Å². The Hall–Kier alpha value is -1.58. The maximum atomic E-state index is 11.9. The summed E-state index contributed by atoms with van der Waals surface area (Å²) >= 11 is 0. The zero-order chi connectivity index (χ0) is 12.3. The van der Waals surface area contributed by atoms with Crippen molar-refractivity contribution in [3.8, 4) is 0 Å². The molecule has 1 heterocycles. The molecule has 0 bridgehead atoms. The minimum absolute atomic E-state index is 0.0400. The summed E-state index contributed by atoms with van der Waals surface area (Å²) in [5.41, 5.74) is 1.01. The van der Waals surface area contributed by atoms with Crippen LogP contribution in [0.2, 0.25) is 0 Å². The van der Waals surface area contributed by atoms with Gasteiger partial charge in [0.05, 0.1) is 0 Å². The fourth-order valence-corrected chi connectivity index (χ4v) is 1.56. The first kappa shape index (κ1) is 12.5. The van der Waals surface area contributed by atoms with Crippen LogP contribution in [0.1, 0.15) is 41.6 Å². The highest BCUT2D eigenvalue weighted by atomic mass is 16.2. The van der Waals surface area contributed by atoms with Crippen LogP contribution in [0, 0.1) is 5.92 Å². The second kappa shape index (κ2) is 4.96. The van der Waals surface area contributed by atoms with Gasteiger partial charge in [-0.3, -0.25) is 9.59 Å². The molecule has 0 fully saturated rings. The Bertz CT molecular complexity index is 393. The van der Waals surface area contributed by atoms with Crippen molar-refractivity contribution < 1.29 is 9.59 Å². The fraction of sp³-hybridized carbons (Fsp3) is 0.500. The first-order chi connectivity index (χ1) is 7.41. The van der Waals surface area contributed by atoms with Crippen molar-refractivity contribution in [2.24, 2.45) is 5.92 Å². The van der Waals surface area contributed by atoms with E-state index in [0.717, 1.165) is 0 Å². The quantitative estimate of drug-likeness (QED) is 0.791. The van der Waals surface area contributed by atoms with Crippen LogP contribution in [-0.4, -0.2) is 35.2 Å². The Balaban J connectivity index is 2.76. The summed E-state index contributed by atoms with van der Waals surface area (Å²) in [5, 5.41) is 0. The first-order valence-electron chi connectivity index (χ1n) is 5.36. The zero-order valence-corrected chi connectivity index (χ0v) is 10.2. The number of Topliss-reactive ketones (excluding diaryl/α,β-unsaturated/α-hetero) is 1. The molecule has 0 aliphatic heterocycles. The predicted octanol–water partition coefficient (Wildman–Crippen LogP) is 1.95. The summed E-state index contributed by atoms with van der Waals surface area (Å²) in [5.74, 6) is 0.305. The summed E-state index contributed by atoms with van der Waals surface area (Å²) < 4.78 is 0. The number of H-pyrrole nitrogens is 1. The molecule has 0 atom stereocenters. The van der Waals surface area contributed by atoms with E-state index in [1.54, 1.807) is 24.2 Å². The molecule has 1 rings (SSSR count). The first-order valence-corrected chi connectivity index (χ1v) is 5.36. The Morgan fingerprint density at radius 1 is 1.44 bits per heavy atom. The molecule has 16 heavy (non-hydrogen) atoms. The van der Waals surface area contributed by atoms with E-state index in [4.69, 9.17) is 0 Å². The number of rotatable bonds is 4. The van der Waals surface area contributed by atoms with Gasteiger partial charge in [0.2, 0.25) is 0 Å².